The summed E-state index contributed by atoms with van der Waals surface area (Å²) in [6.07, 6.45) is 0. The molecule has 0 bridgehead atoms. The third-order valence-electron chi connectivity index (χ3n) is 8.41. The maximum atomic E-state index is 14.7. The van der Waals surface area contributed by atoms with Crippen molar-refractivity contribution in [1.29, 1.82) is 0 Å². The van der Waals surface area contributed by atoms with E-state index >= 15 is 0 Å². The van der Waals surface area contributed by atoms with Gasteiger partial charge in [-0.1, -0.05) is 96.3 Å². The Labute approximate surface area is 280 Å². The van der Waals surface area contributed by atoms with Crippen LogP contribution in [0.2, 0.25) is 0 Å². The fraction of sp³-hybridized carbons (Fsp3) is 0.158. The van der Waals surface area contributed by atoms with E-state index in [9.17, 15) is 14.4 Å². The van der Waals surface area contributed by atoms with Crippen LogP contribution in [-0.4, -0.2) is 37.3 Å². The summed E-state index contributed by atoms with van der Waals surface area (Å²) in [7, 11) is 3.06. The Balaban J connectivity index is 1.52. The lowest BCUT2D eigenvalue weighted by Crippen LogP contribution is -2.41. The molecule has 0 aliphatic carbocycles. The summed E-state index contributed by atoms with van der Waals surface area (Å²) in [6, 6.07) is 30.8. The third-order valence-corrected chi connectivity index (χ3v) is 9.46. The Bertz CT molecular complexity index is 2270. The van der Waals surface area contributed by atoms with Crippen molar-refractivity contribution in [3.8, 4) is 11.5 Å². The predicted octanol–water partition coefficient (Wildman–Crippen LogP) is 4.87. The van der Waals surface area contributed by atoms with Gasteiger partial charge in [0, 0.05) is 11.1 Å². The van der Waals surface area contributed by atoms with Gasteiger partial charge in [-0.2, -0.15) is 0 Å². The van der Waals surface area contributed by atoms with E-state index < -0.39 is 17.6 Å². The molecule has 0 unspecified atom stereocenters. The fourth-order valence-corrected chi connectivity index (χ4v) is 7.34. The average Bonchev–Trinajstić information content (AvgIpc) is 3.59. The first-order valence-electron chi connectivity index (χ1n) is 15.4. The lowest BCUT2D eigenvalue weighted by molar-refractivity contribution is -0.138. The predicted molar refractivity (Wildman–Crippen MR) is 184 cm³/mol. The highest BCUT2D eigenvalue weighted by Crippen LogP contribution is 2.39. The number of anilines is 1. The molecule has 0 radical (unpaired) electrons. The number of para-hydroxylation sites is 1. The van der Waals surface area contributed by atoms with Gasteiger partial charge in [0.1, 0.15) is 4.53 Å². The van der Waals surface area contributed by atoms with Gasteiger partial charge in [-0.3, -0.25) is 14.2 Å². The van der Waals surface area contributed by atoms with Crippen LogP contribution >= 0.6 is 11.3 Å². The zero-order chi connectivity index (χ0) is 33.4. The summed E-state index contributed by atoms with van der Waals surface area (Å²) in [5.41, 5.74) is 4.07. The molecule has 0 saturated carbocycles. The second-order valence-electron chi connectivity index (χ2n) is 11.1. The van der Waals surface area contributed by atoms with Crippen LogP contribution in [0.5, 0.6) is 11.5 Å². The molecule has 0 saturated heterocycles. The highest BCUT2D eigenvalue weighted by Gasteiger charge is 2.38. The number of aromatic nitrogens is 1. The van der Waals surface area contributed by atoms with Crippen LogP contribution in [0.15, 0.2) is 118 Å². The minimum Gasteiger partial charge on any atom is -0.493 e. The minimum atomic E-state index is -0.947. The molecular formula is C38H31N3O6S. The molecule has 7 rings (SSSR count). The number of ether oxygens (including phenoxy) is 3. The molecule has 48 heavy (non-hydrogen) atoms. The van der Waals surface area contributed by atoms with E-state index in [-0.39, 0.29) is 22.6 Å². The summed E-state index contributed by atoms with van der Waals surface area (Å²) in [4.78, 5) is 49.9. The van der Waals surface area contributed by atoms with Gasteiger partial charge < -0.3 is 19.1 Å². The number of fused-ring (bicyclic) bond motifs is 2. The molecule has 5 aromatic rings. The Morgan fingerprint density at radius 2 is 1.54 bits per heavy atom. The zero-order valence-electron chi connectivity index (χ0n) is 26.5. The molecule has 3 heterocycles. The third kappa shape index (κ3) is 5.20. The molecule has 2 aliphatic heterocycles. The van der Waals surface area contributed by atoms with Crippen molar-refractivity contribution >= 4 is 40.2 Å². The van der Waals surface area contributed by atoms with Gasteiger partial charge in [0.15, 0.2) is 16.3 Å². The maximum absolute atomic E-state index is 14.7. The first-order chi connectivity index (χ1) is 23.4. The van der Waals surface area contributed by atoms with Crippen LogP contribution < -0.4 is 29.3 Å². The number of benzene rings is 4. The largest absolute Gasteiger partial charge is 0.493 e. The van der Waals surface area contributed by atoms with Crippen molar-refractivity contribution in [2.45, 2.75) is 19.5 Å². The Hall–Kier alpha value is -5.74. The summed E-state index contributed by atoms with van der Waals surface area (Å²) >= 11 is 1.13. The normalized spacial score (nSPS) is 16.3. The molecule has 0 fully saturated rings. The van der Waals surface area contributed by atoms with E-state index in [1.165, 1.54) is 18.8 Å². The second-order valence-corrected chi connectivity index (χ2v) is 12.1. The van der Waals surface area contributed by atoms with Gasteiger partial charge in [-0.15, -0.1) is 0 Å². The number of methoxy groups -OCH3 is 2. The van der Waals surface area contributed by atoms with Crippen molar-refractivity contribution in [3.63, 3.8) is 0 Å². The molecule has 1 amide bonds. The van der Waals surface area contributed by atoms with E-state index in [0.717, 1.165) is 22.6 Å². The number of hydrogen-bond donors (Lipinski definition) is 0. The van der Waals surface area contributed by atoms with Crippen LogP contribution in [-0.2, 0) is 20.9 Å². The Morgan fingerprint density at radius 1 is 0.854 bits per heavy atom. The monoisotopic (exact) mass is 657 g/mol. The topological polar surface area (TPSA) is 99.4 Å². The molecule has 4 aromatic carbocycles. The Morgan fingerprint density at radius 3 is 2.25 bits per heavy atom. The number of amides is 1. The standard InChI is InChI=1S/C38H31N3O6S/c1-4-47-37(44)31-32(24-15-9-6-10-16-24)39-38-41(33(31)25-19-20-28(45-2)29(21-25)46-3)36(43)34(48-38)30-26-17-11-12-18-27(26)40(35(30)42)22-23-13-7-5-8-14-23/h5-21,33H,4,22H2,1-3H3/b34-30-/t33-/m1/s1. The number of carbonyl (C=O) groups is 2. The fourth-order valence-electron chi connectivity index (χ4n) is 6.25. The number of rotatable bonds is 8. The van der Waals surface area contributed by atoms with Gasteiger partial charge in [0.25, 0.3) is 11.5 Å². The van der Waals surface area contributed by atoms with Gasteiger partial charge in [0.05, 0.1) is 55.9 Å². The number of carbonyl (C=O) groups excluding carboxylic acids is 2. The lowest BCUT2D eigenvalue weighted by atomic mass is 9.93. The van der Waals surface area contributed by atoms with Gasteiger partial charge in [-0.05, 0) is 36.2 Å². The zero-order valence-corrected chi connectivity index (χ0v) is 27.3. The van der Waals surface area contributed by atoms with Crippen molar-refractivity contribution < 1.29 is 23.8 Å². The molecular weight excluding hydrogens is 627 g/mol. The first-order valence-corrected chi connectivity index (χ1v) is 16.2. The van der Waals surface area contributed by atoms with Crippen LogP contribution in [0.4, 0.5) is 5.69 Å². The van der Waals surface area contributed by atoms with Gasteiger partial charge in [-0.25, -0.2) is 9.79 Å². The molecule has 0 spiro atoms. The maximum Gasteiger partial charge on any atom is 0.338 e. The van der Waals surface area contributed by atoms with Gasteiger partial charge in [0.2, 0.25) is 0 Å². The van der Waals surface area contributed by atoms with Crippen molar-refractivity contribution in [2.75, 3.05) is 25.7 Å². The molecule has 10 heteroatoms. The van der Waals surface area contributed by atoms with Crippen LogP contribution in [0.25, 0.3) is 11.3 Å². The average molecular weight is 658 g/mol. The molecule has 2 aliphatic rings. The smallest absolute Gasteiger partial charge is 0.338 e. The van der Waals surface area contributed by atoms with E-state index in [1.54, 1.807) is 30.0 Å². The quantitative estimate of drug-likeness (QED) is 0.221. The number of thiazole rings is 1. The molecule has 240 valence electrons. The second kappa shape index (κ2) is 12.8. The summed E-state index contributed by atoms with van der Waals surface area (Å²) in [5.74, 6) is 0.0420. The molecule has 1 aromatic heterocycles. The highest BCUT2D eigenvalue weighted by atomic mass is 32.1. The summed E-state index contributed by atoms with van der Waals surface area (Å²) in [5, 5.41) is 0. The van der Waals surface area contributed by atoms with Crippen LogP contribution in [0, 0.1) is 0 Å². The van der Waals surface area contributed by atoms with Crippen molar-refractivity contribution in [2.24, 2.45) is 4.99 Å². The lowest BCUT2D eigenvalue weighted by Gasteiger charge is -2.26. The summed E-state index contributed by atoms with van der Waals surface area (Å²) < 4.78 is 18.4. The van der Waals surface area contributed by atoms with E-state index in [1.807, 2.05) is 84.9 Å². The minimum absolute atomic E-state index is 0.125. The number of hydrogen-bond acceptors (Lipinski definition) is 8. The molecule has 9 nitrogen and oxygen atoms in total. The summed E-state index contributed by atoms with van der Waals surface area (Å²) in [6.45, 7) is 2.20. The van der Waals surface area contributed by atoms with Crippen molar-refractivity contribution in [3.05, 3.63) is 151 Å². The van der Waals surface area contributed by atoms with Gasteiger partial charge >= 0.3 is 5.97 Å². The number of nitrogens with zero attached hydrogens (tertiary/aromatic N) is 3. The molecule has 0 N–H and O–H groups in total. The van der Waals surface area contributed by atoms with Crippen LogP contribution in [0.3, 0.4) is 0 Å². The SMILES string of the molecule is CCOC(=O)C1=C(c2ccccc2)N=c2s/c(=C3\C(=O)N(Cc4ccccc4)c4ccccc43)c(=O)n2[C@@H]1c1ccc(OC)c(OC)c1. The Kier molecular flexibility index (Phi) is 8.24. The van der Waals surface area contributed by atoms with Crippen molar-refractivity contribution in [1.82, 2.24) is 4.57 Å². The van der Waals surface area contributed by atoms with E-state index in [0.29, 0.717) is 50.8 Å². The first kappa shape index (κ1) is 30.9. The van der Waals surface area contributed by atoms with E-state index in [2.05, 4.69) is 0 Å². The molecule has 1 atom stereocenters. The van der Waals surface area contributed by atoms with E-state index in [4.69, 9.17) is 19.2 Å². The highest BCUT2D eigenvalue weighted by molar-refractivity contribution is 7.07. The number of esters is 1. The van der Waals surface area contributed by atoms with Crippen LogP contribution in [0.1, 0.15) is 35.2 Å².